The summed E-state index contributed by atoms with van der Waals surface area (Å²) < 4.78 is 5.31. The molecule has 2 bridgehead atoms. The number of hydrogen-bond acceptors (Lipinski definition) is 4. The van der Waals surface area contributed by atoms with Crippen molar-refractivity contribution in [3.8, 4) is 5.75 Å². The maximum atomic E-state index is 12.9. The van der Waals surface area contributed by atoms with E-state index in [9.17, 15) is 14.4 Å². The summed E-state index contributed by atoms with van der Waals surface area (Å²) in [5.41, 5.74) is 0.837. The predicted molar refractivity (Wildman–Crippen MR) is 83.2 cm³/mol. The molecule has 4 atom stereocenters. The van der Waals surface area contributed by atoms with Crippen molar-refractivity contribution in [3.63, 3.8) is 0 Å². The topological polar surface area (TPSA) is 63.7 Å². The predicted octanol–water partition coefficient (Wildman–Crippen LogP) is 2.21. The Kier molecular flexibility index (Phi) is 2.95. The van der Waals surface area contributed by atoms with Gasteiger partial charge in [0.25, 0.3) is 0 Å². The smallest absolute Gasteiger partial charge is 0.238 e. The van der Waals surface area contributed by atoms with Crippen molar-refractivity contribution in [2.24, 2.45) is 23.7 Å². The fourth-order valence-electron chi connectivity index (χ4n) is 4.22. The molecular weight excluding hydrogens is 294 g/mol. The summed E-state index contributed by atoms with van der Waals surface area (Å²) >= 11 is 0. The molecule has 2 aliphatic carbocycles. The van der Waals surface area contributed by atoms with Crippen molar-refractivity contribution < 1.29 is 19.1 Å². The molecule has 1 saturated heterocycles. The molecule has 1 saturated carbocycles. The lowest BCUT2D eigenvalue weighted by atomic mass is 9.85. The molecule has 5 nitrogen and oxygen atoms in total. The number of imide groups is 1. The van der Waals surface area contributed by atoms with Crippen LogP contribution in [0, 0.1) is 23.7 Å². The average Bonchev–Trinajstić information content (AvgIpc) is 3.21. The van der Waals surface area contributed by atoms with E-state index >= 15 is 0 Å². The van der Waals surface area contributed by atoms with Crippen molar-refractivity contribution in [1.82, 2.24) is 0 Å². The molecule has 2 amide bonds. The molecule has 1 heterocycles. The molecule has 118 valence electrons. The van der Waals surface area contributed by atoms with Crippen LogP contribution >= 0.6 is 0 Å². The van der Waals surface area contributed by atoms with Gasteiger partial charge < -0.3 is 4.74 Å². The van der Waals surface area contributed by atoms with Crippen LogP contribution in [0.25, 0.3) is 0 Å². The first-order valence-corrected chi connectivity index (χ1v) is 7.78. The zero-order valence-electron chi connectivity index (χ0n) is 13.0. The minimum Gasteiger partial charge on any atom is -0.495 e. The summed E-state index contributed by atoms with van der Waals surface area (Å²) in [7, 11) is 1.49. The van der Waals surface area contributed by atoms with Crippen LogP contribution in [0.4, 0.5) is 5.69 Å². The summed E-state index contributed by atoms with van der Waals surface area (Å²) in [5.74, 6) is -0.230. The summed E-state index contributed by atoms with van der Waals surface area (Å²) in [6.45, 7) is 1.46. The van der Waals surface area contributed by atoms with Gasteiger partial charge in [0.2, 0.25) is 11.8 Å². The van der Waals surface area contributed by atoms with Gasteiger partial charge in [0, 0.05) is 5.56 Å². The summed E-state index contributed by atoms with van der Waals surface area (Å²) in [4.78, 5) is 38.6. The van der Waals surface area contributed by atoms with Gasteiger partial charge in [-0.2, -0.15) is 0 Å². The maximum Gasteiger partial charge on any atom is 0.238 e. The summed E-state index contributed by atoms with van der Waals surface area (Å²) in [5, 5.41) is 0. The molecule has 0 unspecified atom stereocenters. The Morgan fingerprint density at radius 1 is 1.13 bits per heavy atom. The van der Waals surface area contributed by atoms with Crippen molar-refractivity contribution in [2.75, 3.05) is 12.0 Å². The highest BCUT2D eigenvalue weighted by Gasteiger charge is 2.59. The van der Waals surface area contributed by atoms with Gasteiger partial charge in [-0.3, -0.25) is 14.4 Å². The zero-order chi connectivity index (χ0) is 16.3. The van der Waals surface area contributed by atoms with E-state index in [0.29, 0.717) is 17.0 Å². The lowest BCUT2D eigenvalue weighted by Crippen LogP contribution is -2.33. The van der Waals surface area contributed by atoms with Crippen molar-refractivity contribution in [1.29, 1.82) is 0 Å². The lowest BCUT2D eigenvalue weighted by Gasteiger charge is -2.20. The van der Waals surface area contributed by atoms with E-state index in [1.165, 1.54) is 18.9 Å². The summed E-state index contributed by atoms with van der Waals surface area (Å²) in [6.07, 6.45) is 5.01. The van der Waals surface area contributed by atoms with Crippen LogP contribution in [-0.4, -0.2) is 24.7 Å². The Balaban J connectivity index is 1.80. The third-order valence-corrected chi connectivity index (χ3v) is 5.30. The normalized spacial score (nSPS) is 31.0. The second kappa shape index (κ2) is 4.78. The van der Waals surface area contributed by atoms with E-state index in [2.05, 4.69) is 12.2 Å². The van der Waals surface area contributed by atoms with Crippen LogP contribution < -0.4 is 9.64 Å². The quantitative estimate of drug-likeness (QED) is 0.488. The number of carbonyl (C=O) groups excluding carboxylic acids is 3. The highest BCUT2D eigenvalue weighted by Crippen LogP contribution is 2.53. The van der Waals surface area contributed by atoms with Crippen molar-refractivity contribution >= 4 is 23.3 Å². The number of ketones is 1. The number of anilines is 1. The maximum absolute atomic E-state index is 12.9. The number of amides is 2. The second-order valence-corrected chi connectivity index (χ2v) is 6.45. The minimum atomic E-state index is -0.261. The Hall–Kier alpha value is -2.43. The van der Waals surface area contributed by atoms with Gasteiger partial charge in [-0.05, 0) is 43.4 Å². The Bertz CT molecular complexity index is 736. The number of rotatable bonds is 3. The molecule has 1 aromatic carbocycles. The van der Waals surface area contributed by atoms with Gasteiger partial charge in [0.1, 0.15) is 5.75 Å². The summed E-state index contributed by atoms with van der Waals surface area (Å²) in [6, 6.07) is 4.85. The van der Waals surface area contributed by atoms with Crippen LogP contribution in [0.3, 0.4) is 0 Å². The van der Waals surface area contributed by atoms with E-state index in [1.54, 1.807) is 18.2 Å². The van der Waals surface area contributed by atoms with Crippen LogP contribution in [-0.2, 0) is 9.59 Å². The molecule has 0 N–H and O–H groups in total. The van der Waals surface area contributed by atoms with Crippen molar-refractivity contribution in [3.05, 3.63) is 35.9 Å². The fourth-order valence-corrected chi connectivity index (χ4v) is 4.22. The number of carbonyl (C=O) groups is 3. The number of Topliss-reactive ketones (excluding diaryl/α,β-unsaturated/α-hetero) is 1. The molecule has 2 fully saturated rings. The Morgan fingerprint density at radius 2 is 1.74 bits per heavy atom. The number of allylic oxidation sites excluding steroid dienone is 2. The third-order valence-electron chi connectivity index (χ3n) is 5.30. The first-order chi connectivity index (χ1) is 11.0. The molecule has 0 radical (unpaired) electrons. The highest BCUT2D eigenvalue weighted by atomic mass is 16.5. The number of nitrogens with zero attached hydrogens (tertiary/aromatic N) is 1. The molecule has 0 spiro atoms. The van der Waals surface area contributed by atoms with Crippen molar-refractivity contribution in [2.45, 2.75) is 13.3 Å². The van der Waals surface area contributed by atoms with Gasteiger partial charge in [0.05, 0.1) is 24.6 Å². The molecule has 1 aromatic rings. The van der Waals surface area contributed by atoms with Gasteiger partial charge in [-0.15, -0.1) is 0 Å². The third kappa shape index (κ3) is 1.82. The number of ether oxygens (including phenoxy) is 1. The van der Waals surface area contributed by atoms with Gasteiger partial charge in [0.15, 0.2) is 5.78 Å². The molecule has 5 heteroatoms. The highest BCUT2D eigenvalue weighted by molar-refractivity contribution is 6.23. The first-order valence-electron chi connectivity index (χ1n) is 7.78. The van der Waals surface area contributed by atoms with Gasteiger partial charge in [-0.25, -0.2) is 4.90 Å². The minimum absolute atomic E-state index is 0.116. The van der Waals surface area contributed by atoms with E-state index in [1.807, 2.05) is 0 Å². The molecule has 4 rings (SSSR count). The number of fused-ring (bicyclic) bond motifs is 5. The Labute approximate surface area is 133 Å². The first kappa shape index (κ1) is 14.2. The lowest BCUT2D eigenvalue weighted by molar-refractivity contribution is -0.123. The van der Waals surface area contributed by atoms with Gasteiger partial charge >= 0.3 is 0 Å². The molecule has 3 aliphatic rings. The SMILES string of the molecule is COc1ccc(C(C)=O)cc1N1C(=O)[C@H]2[C@H](C1=O)[C@H]1C=C[C@H]2C1. The van der Waals surface area contributed by atoms with Crippen LogP contribution in [0.1, 0.15) is 23.7 Å². The van der Waals surface area contributed by atoms with Crippen LogP contribution in [0.15, 0.2) is 30.4 Å². The van der Waals surface area contributed by atoms with Crippen LogP contribution in [0.5, 0.6) is 5.75 Å². The average molecular weight is 311 g/mol. The molecule has 1 aliphatic heterocycles. The standard InChI is InChI=1S/C18H17NO4/c1-9(20)10-5-6-14(23-2)13(8-10)19-17(21)15-11-3-4-12(7-11)16(15)18(19)22/h3-6,8,11-12,15-16H,7H2,1-2H3/t11-,12-,15+,16+/m0/s1. The van der Waals surface area contributed by atoms with E-state index in [4.69, 9.17) is 4.74 Å². The monoisotopic (exact) mass is 311 g/mol. The number of methoxy groups -OCH3 is 1. The largest absolute Gasteiger partial charge is 0.495 e. The fraction of sp³-hybridized carbons (Fsp3) is 0.389. The Morgan fingerprint density at radius 3 is 2.26 bits per heavy atom. The van der Waals surface area contributed by atoms with Crippen LogP contribution in [0.2, 0.25) is 0 Å². The molecule has 23 heavy (non-hydrogen) atoms. The number of benzene rings is 1. The second-order valence-electron chi connectivity index (χ2n) is 6.45. The molecular formula is C18H17NO4. The zero-order valence-corrected chi connectivity index (χ0v) is 13.0. The van der Waals surface area contributed by atoms with E-state index < -0.39 is 0 Å². The molecule has 0 aromatic heterocycles. The van der Waals surface area contributed by atoms with E-state index in [-0.39, 0.29) is 41.3 Å². The number of hydrogen-bond donors (Lipinski definition) is 0. The van der Waals surface area contributed by atoms with Gasteiger partial charge in [-0.1, -0.05) is 12.2 Å². The van der Waals surface area contributed by atoms with E-state index in [0.717, 1.165) is 6.42 Å².